The highest BCUT2D eigenvalue weighted by molar-refractivity contribution is 7.91. The Labute approximate surface area is 142 Å². The molecule has 2 atom stereocenters. The number of nitrogens with one attached hydrogen (secondary N) is 1. The summed E-state index contributed by atoms with van der Waals surface area (Å²) in [6, 6.07) is 3.67. The van der Waals surface area contributed by atoms with Crippen LogP contribution in [-0.4, -0.2) is 31.2 Å². The maximum absolute atomic E-state index is 13.0. The van der Waals surface area contributed by atoms with Gasteiger partial charge in [-0.2, -0.15) is 4.31 Å². The summed E-state index contributed by atoms with van der Waals surface area (Å²) >= 11 is 1.27. The number of nitrogens with zero attached hydrogens (tertiary/aromatic N) is 1. The zero-order chi connectivity index (χ0) is 16.4. The first kappa shape index (κ1) is 16.9. The predicted octanol–water partition coefficient (Wildman–Crippen LogP) is 2.73. The molecule has 2 heterocycles. The van der Waals surface area contributed by atoms with Crippen LogP contribution in [0.4, 0.5) is 0 Å². The molecule has 0 spiro atoms. The number of carbonyl (C=O) groups excluding carboxylic acids is 1. The van der Waals surface area contributed by atoms with Gasteiger partial charge in [-0.25, -0.2) is 8.42 Å². The maximum atomic E-state index is 13.0. The van der Waals surface area contributed by atoms with Gasteiger partial charge in [0.15, 0.2) is 0 Å². The second-order valence-corrected chi connectivity index (χ2v) is 9.79. The summed E-state index contributed by atoms with van der Waals surface area (Å²) in [5.41, 5.74) is 0. The molecule has 1 amide bonds. The molecular weight excluding hydrogens is 332 g/mol. The Morgan fingerprint density at radius 1 is 1.26 bits per heavy atom. The van der Waals surface area contributed by atoms with E-state index in [4.69, 9.17) is 0 Å². The monoisotopic (exact) mass is 356 g/mol. The Hall–Kier alpha value is -0.920. The first-order chi connectivity index (χ1) is 11.0. The first-order valence-corrected chi connectivity index (χ1v) is 10.6. The van der Waals surface area contributed by atoms with E-state index >= 15 is 0 Å². The van der Waals surface area contributed by atoms with E-state index in [9.17, 15) is 13.2 Å². The molecule has 0 aromatic carbocycles. The van der Waals surface area contributed by atoms with E-state index in [0.717, 1.165) is 37.0 Å². The van der Waals surface area contributed by atoms with Gasteiger partial charge in [-0.1, -0.05) is 12.8 Å². The quantitative estimate of drug-likeness (QED) is 0.902. The van der Waals surface area contributed by atoms with Crippen LogP contribution in [0.1, 0.15) is 50.3 Å². The molecular formula is C16H24N2O3S2. The van der Waals surface area contributed by atoms with Crippen molar-refractivity contribution in [3.63, 3.8) is 0 Å². The normalized spacial score (nSPS) is 25.8. The molecule has 1 aromatic heterocycles. The van der Waals surface area contributed by atoms with Crippen LogP contribution in [0.3, 0.4) is 0 Å². The van der Waals surface area contributed by atoms with Gasteiger partial charge in [-0.15, -0.1) is 11.3 Å². The Bertz CT molecular complexity index is 667. The minimum atomic E-state index is -3.41. The number of fused-ring (bicyclic) bond motifs is 1. The summed E-state index contributed by atoms with van der Waals surface area (Å²) in [5.74, 6) is 0.426. The van der Waals surface area contributed by atoms with E-state index in [1.54, 1.807) is 16.4 Å². The molecule has 2 unspecified atom stereocenters. The third-order valence-corrected chi connectivity index (χ3v) is 8.38. The van der Waals surface area contributed by atoms with Crippen LogP contribution in [0.5, 0.6) is 0 Å². The third kappa shape index (κ3) is 3.61. The van der Waals surface area contributed by atoms with Crippen LogP contribution < -0.4 is 5.32 Å². The van der Waals surface area contributed by atoms with Crippen molar-refractivity contribution in [1.82, 2.24) is 9.62 Å². The predicted molar refractivity (Wildman–Crippen MR) is 90.7 cm³/mol. The summed E-state index contributed by atoms with van der Waals surface area (Å²) in [6.45, 7) is 2.49. The van der Waals surface area contributed by atoms with Crippen LogP contribution in [0, 0.1) is 5.92 Å². The zero-order valence-electron chi connectivity index (χ0n) is 13.5. The minimum absolute atomic E-state index is 0.108. The lowest BCUT2D eigenvalue weighted by Crippen LogP contribution is -2.49. The SMILES string of the molecule is CC(=O)NCc1ccc(S(=O)(=O)N2CCCC3CCCCC32)s1. The van der Waals surface area contributed by atoms with Crippen molar-refractivity contribution in [2.45, 2.75) is 62.2 Å². The molecule has 3 rings (SSSR count). The molecule has 2 fully saturated rings. The van der Waals surface area contributed by atoms with Gasteiger partial charge in [0, 0.05) is 24.4 Å². The number of hydrogen-bond donors (Lipinski definition) is 1. The number of carbonyl (C=O) groups is 1. The average molecular weight is 357 g/mol. The van der Waals surface area contributed by atoms with Gasteiger partial charge in [-0.3, -0.25) is 4.79 Å². The number of amides is 1. The fourth-order valence-corrected chi connectivity index (χ4v) is 6.98. The number of piperidine rings is 1. The molecule has 0 bridgehead atoms. The Kier molecular flexibility index (Phi) is 5.08. The van der Waals surface area contributed by atoms with Gasteiger partial charge in [0.25, 0.3) is 10.0 Å². The highest BCUT2D eigenvalue weighted by Gasteiger charge is 2.40. The summed E-state index contributed by atoms with van der Waals surface area (Å²) in [7, 11) is -3.41. The summed E-state index contributed by atoms with van der Waals surface area (Å²) < 4.78 is 28.2. The number of hydrogen-bond acceptors (Lipinski definition) is 4. The molecule has 128 valence electrons. The summed E-state index contributed by atoms with van der Waals surface area (Å²) in [5, 5.41) is 2.71. The first-order valence-electron chi connectivity index (χ1n) is 8.33. The van der Waals surface area contributed by atoms with Crippen molar-refractivity contribution in [3.8, 4) is 0 Å². The molecule has 0 radical (unpaired) electrons. The maximum Gasteiger partial charge on any atom is 0.252 e. The van der Waals surface area contributed by atoms with Gasteiger partial charge in [0.05, 0.1) is 6.54 Å². The third-order valence-electron chi connectivity index (χ3n) is 4.90. The second-order valence-electron chi connectivity index (χ2n) is 6.50. The highest BCUT2D eigenvalue weighted by atomic mass is 32.2. The average Bonchev–Trinajstić information content (AvgIpc) is 3.02. The Morgan fingerprint density at radius 3 is 2.78 bits per heavy atom. The fourth-order valence-electron chi connectivity index (χ4n) is 3.80. The largest absolute Gasteiger partial charge is 0.351 e. The van der Waals surface area contributed by atoms with Crippen LogP contribution in [0.2, 0.25) is 0 Å². The highest BCUT2D eigenvalue weighted by Crippen LogP contribution is 2.39. The molecule has 23 heavy (non-hydrogen) atoms. The van der Waals surface area contributed by atoms with E-state index in [-0.39, 0.29) is 11.9 Å². The molecule has 1 aliphatic heterocycles. The smallest absolute Gasteiger partial charge is 0.252 e. The Balaban J connectivity index is 1.78. The van der Waals surface area contributed by atoms with E-state index in [0.29, 0.717) is 23.2 Å². The molecule has 1 aliphatic carbocycles. The number of thiophene rings is 1. The zero-order valence-corrected chi connectivity index (χ0v) is 15.1. The van der Waals surface area contributed by atoms with E-state index in [2.05, 4.69) is 5.32 Å². The van der Waals surface area contributed by atoms with Gasteiger partial charge in [0.2, 0.25) is 5.91 Å². The van der Waals surface area contributed by atoms with Gasteiger partial charge in [0.1, 0.15) is 4.21 Å². The molecule has 7 heteroatoms. The fraction of sp³-hybridized carbons (Fsp3) is 0.688. The van der Waals surface area contributed by atoms with Crippen molar-refractivity contribution >= 4 is 27.3 Å². The molecule has 1 saturated carbocycles. The molecule has 2 aliphatic rings. The van der Waals surface area contributed by atoms with Crippen molar-refractivity contribution in [1.29, 1.82) is 0 Å². The van der Waals surface area contributed by atoms with Crippen molar-refractivity contribution in [2.75, 3.05) is 6.54 Å². The van der Waals surface area contributed by atoms with Crippen molar-refractivity contribution < 1.29 is 13.2 Å². The van der Waals surface area contributed by atoms with Crippen molar-refractivity contribution in [3.05, 3.63) is 17.0 Å². The molecule has 1 N–H and O–H groups in total. The van der Waals surface area contributed by atoms with Gasteiger partial charge < -0.3 is 5.32 Å². The lowest BCUT2D eigenvalue weighted by molar-refractivity contribution is -0.119. The van der Waals surface area contributed by atoms with Crippen LogP contribution >= 0.6 is 11.3 Å². The van der Waals surface area contributed by atoms with E-state index in [1.807, 2.05) is 0 Å². The second kappa shape index (κ2) is 6.91. The standard InChI is InChI=1S/C16H24N2O3S2/c1-12(19)17-11-14-8-9-16(22-14)23(20,21)18-10-4-6-13-5-2-3-7-15(13)18/h8-9,13,15H,2-7,10-11H2,1H3,(H,17,19). The number of sulfonamides is 1. The van der Waals surface area contributed by atoms with Crippen LogP contribution in [0.15, 0.2) is 16.3 Å². The summed E-state index contributed by atoms with van der Waals surface area (Å²) in [4.78, 5) is 11.9. The number of rotatable bonds is 4. The Morgan fingerprint density at radius 2 is 2.00 bits per heavy atom. The minimum Gasteiger partial charge on any atom is -0.351 e. The molecule has 1 saturated heterocycles. The molecule has 1 aromatic rings. The van der Waals surface area contributed by atoms with E-state index in [1.165, 1.54) is 24.7 Å². The van der Waals surface area contributed by atoms with Crippen LogP contribution in [0.25, 0.3) is 0 Å². The lowest BCUT2D eigenvalue weighted by Gasteiger charge is -2.42. The molecule has 5 nitrogen and oxygen atoms in total. The van der Waals surface area contributed by atoms with Crippen molar-refractivity contribution in [2.24, 2.45) is 5.92 Å². The van der Waals surface area contributed by atoms with E-state index < -0.39 is 10.0 Å². The summed E-state index contributed by atoms with van der Waals surface area (Å²) in [6.07, 6.45) is 6.64. The lowest BCUT2D eigenvalue weighted by atomic mass is 9.79. The van der Waals surface area contributed by atoms with Gasteiger partial charge >= 0.3 is 0 Å². The van der Waals surface area contributed by atoms with Crippen LogP contribution in [-0.2, 0) is 21.4 Å². The topological polar surface area (TPSA) is 66.5 Å². The van der Waals surface area contributed by atoms with Gasteiger partial charge in [-0.05, 0) is 43.7 Å².